The summed E-state index contributed by atoms with van der Waals surface area (Å²) in [6, 6.07) is 25.9. The van der Waals surface area contributed by atoms with Crippen LogP contribution in [0.1, 0.15) is 73.6 Å². The summed E-state index contributed by atoms with van der Waals surface area (Å²) in [5, 5.41) is 3.86. The molecule has 186 valence electrons. The molecule has 0 saturated heterocycles. The Kier molecular flexibility index (Phi) is 6.98. The fourth-order valence-corrected chi connectivity index (χ4v) is 6.32. The molecule has 6 rings (SSSR count). The van der Waals surface area contributed by atoms with Gasteiger partial charge in [-0.3, -0.25) is 0 Å². The number of rotatable bonds is 8. The third kappa shape index (κ3) is 5.16. The first-order valence-corrected chi connectivity index (χ1v) is 13.8. The predicted molar refractivity (Wildman–Crippen MR) is 147 cm³/mol. The van der Waals surface area contributed by atoms with Crippen LogP contribution in [-0.2, 0) is 6.61 Å². The number of anilines is 1. The van der Waals surface area contributed by atoms with E-state index in [9.17, 15) is 0 Å². The van der Waals surface area contributed by atoms with E-state index >= 15 is 0 Å². The van der Waals surface area contributed by atoms with Gasteiger partial charge < -0.3 is 14.8 Å². The molecule has 1 aliphatic heterocycles. The van der Waals surface area contributed by atoms with E-state index in [4.69, 9.17) is 9.47 Å². The zero-order valence-corrected chi connectivity index (χ0v) is 21.1. The van der Waals surface area contributed by atoms with Crippen molar-refractivity contribution in [1.29, 1.82) is 0 Å². The lowest BCUT2D eigenvalue weighted by molar-refractivity contribution is 0.246. The number of hydrogen-bond donors (Lipinski definition) is 1. The normalized spacial score (nSPS) is 22.9. The van der Waals surface area contributed by atoms with Crippen LogP contribution in [0.2, 0.25) is 0 Å². The monoisotopic (exact) mass is 479 g/mol. The van der Waals surface area contributed by atoms with E-state index in [1.165, 1.54) is 60.9 Å². The molecule has 3 nitrogen and oxygen atoms in total. The van der Waals surface area contributed by atoms with Crippen LogP contribution in [0.4, 0.5) is 5.69 Å². The van der Waals surface area contributed by atoms with Gasteiger partial charge in [-0.05, 0) is 71.7 Å². The van der Waals surface area contributed by atoms with Gasteiger partial charge in [0, 0.05) is 11.6 Å². The summed E-state index contributed by atoms with van der Waals surface area (Å²) in [5.41, 5.74) is 5.11. The van der Waals surface area contributed by atoms with Crippen molar-refractivity contribution in [2.45, 2.75) is 63.5 Å². The molecule has 3 aliphatic rings. The van der Waals surface area contributed by atoms with Gasteiger partial charge >= 0.3 is 0 Å². The average molecular weight is 480 g/mol. The van der Waals surface area contributed by atoms with Gasteiger partial charge in [-0.1, -0.05) is 86.7 Å². The maximum absolute atomic E-state index is 6.24. The molecule has 0 aromatic heterocycles. The van der Waals surface area contributed by atoms with Crippen LogP contribution >= 0.6 is 0 Å². The molecule has 36 heavy (non-hydrogen) atoms. The van der Waals surface area contributed by atoms with Crippen molar-refractivity contribution in [2.75, 3.05) is 11.9 Å². The Hall–Kier alpha value is -3.20. The largest absolute Gasteiger partial charge is 0.494 e. The van der Waals surface area contributed by atoms with Crippen LogP contribution in [0.25, 0.3) is 0 Å². The van der Waals surface area contributed by atoms with Crippen LogP contribution in [0.3, 0.4) is 0 Å². The third-order valence-electron chi connectivity index (χ3n) is 8.34. The van der Waals surface area contributed by atoms with Crippen molar-refractivity contribution in [1.82, 2.24) is 0 Å². The van der Waals surface area contributed by atoms with Gasteiger partial charge in [0.05, 0.1) is 12.6 Å². The summed E-state index contributed by atoms with van der Waals surface area (Å²) in [4.78, 5) is 0. The smallest absolute Gasteiger partial charge is 0.119 e. The molecule has 3 atom stereocenters. The summed E-state index contributed by atoms with van der Waals surface area (Å²) in [7, 11) is 0. The number of ether oxygens (including phenoxy) is 2. The SMILES string of the molecule is C1=CC2c3cc(OCCC4CCCCC4)ccc3NC(c3ccc(OCc4ccccc4)cc3)C2C1. The Morgan fingerprint density at radius 1 is 0.806 bits per heavy atom. The van der Waals surface area contributed by atoms with Crippen LogP contribution in [-0.4, -0.2) is 6.61 Å². The summed E-state index contributed by atoms with van der Waals surface area (Å²) in [6.45, 7) is 1.43. The average Bonchev–Trinajstić information content (AvgIpc) is 3.44. The molecule has 3 aromatic carbocycles. The molecule has 2 aliphatic carbocycles. The lowest BCUT2D eigenvalue weighted by Gasteiger charge is -2.37. The molecule has 3 unspecified atom stereocenters. The van der Waals surface area contributed by atoms with E-state index in [1.54, 1.807) is 0 Å². The van der Waals surface area contributed by atoms with E-state index in [0.29, 0.717) is 24.5 Å². The zero-order chi connectivity index (χ0) is 24.2. The topological polar surface area (TPSA) is 30.5 Å². The summed E-state index contributed by atoms with van der Waals surface area (Å²) in [5.74, 6) is 3.74. The minimum absolute atomic E-state index is 0.291. The number of allylic oxidation sites excluding steroid dienone is 2. The van der Waals surface area contributed by atoms with E-state index in [-0.39, 0.29) is 0 Å². The summed E-state index contributed by atoms with van der Waals surface area (Å²) >= 11 is 0. The molecule has 1 N–H and O–H groups in total. The summed E-state index contributed by atoms with van der Waals surface area (Å²) < 4.78 is 12.3. The molecule has 3 aromatic rings. The van der Waals surface area contributed by atoms with Crippen molar-refractivity contribution >= 4 is 5.69 Å². The highest BCUT2D eigenvalue weighted by atomic mass is 16.5. The molecule has 0 amide bonds. The molecular formula is C33H37NO2. The second-order valence-electron chi connectivity index (χ2n) is 10.7. The van der Waals surface area contributed by atoms with Crippen LogP contribution in [0.5, 0.6) is 11.5 Å². The van der Waals surface area contributed by atoms with E-state index < -0.39 is 0 Å². The zero-order valence-electron chi connectivity index (χ0n) is 21.1. The van der Waals surface area contributed by atoms with Crippen LogP contribution in [0, 0.1) is 11.8 Å². The van der Waals surface area contributed by atoms with Crippen molar-refractivity contribution < 1.29 is 9.47 Å². The molecule has 0 bridgehead atoms. The number of nitrogens with one attached hydrogen (secondary N) is 1. The number of hydrogen-bond acceptors (Lipinski definition) is 3. The minimum atomic E-state index is 0.291. The summed E-state index contributed by atoms with van der Waals surface area (Å²) in [6.07, 6.45) is 14.0. The first kappa shape index (κ1) is 23.2. The highest BCUT2D eigenvalue weighted by Gasteiger charge is 2.38. The Morgan fingerprint density at radius 2 is 1.61 bits per heavy atom. The number of fused-ring (bicyclic) bond motifs is 3. The maximum Gasteiger partial charge on any atom is 0.119 e. The van der Waals surface area contributed by atoms with Gasteiger partial charge in [0.15, 0.2) is 0 Å². The lowest BCUT2D eigenvalue weighted by atomic mass is 9.77. The van der Waals surface area contributed by atoms with Gasteiger partial charge in [-0.25, -0.2) is 0 Å². The van der Waals surface area contributed by atoms with Crippen LogP contribution < -0.4 is 14.8 Å². The molecule has 1 saturated carbocycles. The highest BCUT2D eigenvalue weighted by Crippen LogP contribution is 2.50. The Labute approximate surface area is 215 Å². The fraction of sp³-hybridized carbons (Fsp3) is 0.394. The van der Waals surface area contributed by atoms with Crippen molar-refractivity contribution in [3.63, 3.8) is 0 Å². The van der Waals surface area contributed by atoms with Crippen molar-refractivity contribution in [3.05, 3.63) is 102 Å². The predicted octanol–water partition coefficient (Wildman–Crippen LogP) is 8.44. The third-order valence-corrected chi connectivity index (χ3v) is 8.34. The number of benzene rings is 3. The Morgan fingerprint density at radius 3 is 2.44 bits per heavy atom. The molecule has 1 fully saturated rings. The van der Waals surface area contributed by atoms with Crippen molar-refractivity contribution in [3.8, 4) is 11.5 Å². The van der Waals surface area contributed by atoms with Gasteiger partial charge in [-0.2, -0.15) is 0 Å². The Balaban J connectivity index is 1.11. The first-order valence-electron chi connectivity index (χ1n) is 13.8. The maximum atomic E-state index is 6.24. The first-order chi connectivity index (χ1) is 17.8. The molecular weight excluding hydrogens is 442 g/mol. The molecule has 3 heteroatoms. The quantitative estimate of drug-likeness (QED) is 0.329. The van der Waals surface area contributed by atoms with Gasteiger partial charge in [0.2, 0.25) is 0 Å². The van der Waals surface area contributed by atoms with E-state index in [2.05, 4.69) is 72.1 Å². The molecule has 1 heterocycles. The Bertz CT molecular complexity index is 1160. The molecule has 0 spiro atoms. The van der Waals surface area contributed by atoms with Crippen molar-refractivity contribution in [2.24, 2.45) is 11.8 Å². The fourth-order valence-electron chi connectivity index (χ4n) is 6.32. The van der Waals surface area contributed by atoms with E-state index in [0.717, 1.165) is 30.4 Å². The highest BCUT2D eigenvalue weighted by molar-refractivity contribution is 5.61. The second-order valence-corrected chi connectivity index (χ2v) is 10.7. The van der Waals surface area contributed by atoms with Crippen LogP contribution in [0.15, 0.2) is 84.9 Å². The second kappa shape index (κ2) is 10.8. The van der Waals surface area contributed by atoms with Gasteiger partial charge in [0.1, 0.15) is 18.1 Å². The minimum Gasteiger partial charge on any atom is -0.494 e. The van der Waals surface area contributed by atoms with Gasteiger partial charge in [-0.15, -0.1) is 0 Å². The molecule has 0 radical (unpaired) electrons. The lowest BCUT2D eigenvalue weighted by Crippen LogP contribution is -2.29. The van der Waals surface area contributed by atoms with E-state index in [1.807, 2.05) is 18.2 Å². The standard InChI is InChI=1S/C33H37NO2/c1-3-8-24(9-4-1)20-21-35-28-18-19-32-31(22-28)29-12-7-13-30(29)33(34-32)26-14-16-27(17-15-26)36-23-25-10-5-2-6-11-25/h2,5-7,10-12,14-19,22,24,29-30,33-34H,1,3-4,8-9,13,20-21,23H2. The van der Waals surface area contributed by atoms with Gasteiger partial charge in [0.25, 0.3) is 0 Å².